The van der Waals surface area contributed by atoms with Crippen LogP contribution in [0.25, 0.3) is 30.6 Å². The van der Waals surface area contributed by atoms with Crippen molar-refractivity contribution in [2.45, 2.75) is 60.0 Å². The molecule has 9 nitrogen and oxygen atoms in total. The molecular formula is C33H36N6O3S3. The van der Waals surface area contributed by atoms with E-state index in [0.29, 0.717) is 19.8 Å². The largest absolute Gasteiger partial charge is 0.494 e. The third-order valence-corrected chi connectivity index (χ3v) is 11.2. The highest BCUT2D eigenvalue weighted by atomic mass is 32.1. The Hall–Kier alpha value is -3.87. The van der Waals surface area contributed by atoms with Gasteiger partial charge in [0.1, 0.15) is 35.7 Å². The predicted molar refractivity (Wildman–Crippen MR) is 188 cm³/mol. The molecule has 0 spiro atoms. The molecule has 4 heterocycles. The first-order valence-electron chi connectivity index (χ1n) is 15.3. The van der Waals surface area contributed by atoms with Gasteiger partial charge in [-0.1, -0.05) is 34.0 Å². The minimum absolute atomic E-state index is 0.0379. The number of aromatic nitrogens is 3. The lowest BCUT2D eigenvalue weighted by atomic mass is 10.2. The Labute approximate surface area is 274 Å². The predicted octanol–water partition coefficient (Wildman–Crippen LogP) is 8.58. The van der Waals surface area contributed by atoms with Crippen LogP contribution in [0.4, 0.5) is 15.4 Å². The van der Waals surface area contributed by atoms with Gasteiger partial charge in [-0.3, -0.25) is 0 Å². The van der Waals surface area contributed by atoms with Crippen LogP contribution >= 0.6 is 34.0 Å². The summed E-state index contributed by atoms with van der Waals surface area (Å²) in [6.07, 6.45) is -0.114. The van der Waals surface area contributed by atoms with Crippen molar-refractivity contribution >= 4 is 80.1 Å². The highest BCUT2D eigenvalue weighted by Crippen LogP contribution is 2.44. The van der Waals surface area contributed by atoms with Crippen molar-refractivity contribution in [2.75, 3.05) is 34.5 Å². The monoisotopic (exact) mass is 660 g/mol. The number of anilines is 3. The van der Waals surface area contributed by atoms with E-state index in [1.54, 1.807) is 34.0 Å². The second-order valence-electron chi connectivity index (χ2n) is 10.8. The average molecular weight is 661 g/mol. The Kier molecular flexibility index (Phi) is 8.05. The van der Waals surface area contributed by atoms with Crippen molar-refractivity contribution in [3.05, 3.63) is 54.6 Å². The van der Waals surface area contributed by atoms with E-state index in [0.717, 1.165) is 63.3 Å². The molecule has 0 amide bonds. The second-order valence-corrected chi connectivity index (χ2v) is 13.8. The lowest BCUT2D eigenvalue weighted by Gasteiger charge is -2.55. The first-order valence-corrected chi connectivity index (χ1v) is 17.8. The summed E-state index contributed by atoms with van der Waals surface area (Å²) in [5, 5.41) is 2.83. The number of thiazole rings is 3. The fraction of sp³-hybridized carbons (Fsp3) is 0.364. The maximum absolute atomic E-state index is 5.80. The number of fused-ring (bicyclic) bond motifs is 3. The summed E-state index contributed by atoms with van der Waals surface area (Å²) in [6, 6.07) is 18.4. The summed E-state index contributed by atoms with van der Waals surface area (Å²) < 4.78 is 20.7. The van der Waals surface area contributed by atoms with Crippen LogP contribution < -0.4 is 28.9 Å². The van der Waals surface area contributed by atoms with Crippen molar-refractivity contribution in [3.63, 3.8) is 0 Å². The molecule has 3 aromatic carbocycles. The number of hydrogen-bond acceptors (Lipinski definition) is 12. The third-order valence-electron chi connectivity index (χ3n) is 8.06. The van der Waals surface area contributed by atoms with E-state index in [2.05, 4.69) is 53.7 Å². The second kappa shape index (κ2) is 12.1. The molecule has 1 saturated heterocycles. The summed E-state index contributed by atoms with van der Waals surface area (Å²) in [5.41, 5.74) is 2.88. The van der Waals surface area contributed by atoms with Crippen LogP contribution in [0.3, 0.4) is 0 Å². The molecule has 234 valence electrons. The Morgan fingerprint density at radius 2 is 0.800 bits per heavy atom. The van der Waals surface area contributed by atoms with Gasteiger partial charge in [-0.05, 0) is 96.1 Å². The van der Waals surface area contributed by atoms with E-state index in [-0.39, 0.29) is 18.5 Å². The highest BCUT2D eigenvalue weighted by Gasteiger charge is 2.44. The van der Waals surface area contributed by atoms with Crippen LogP contribution in [0.5, 0.6) is 17.2 Å². The zero-order valence-electron chi connectivity index (χ0n) is 26.2. The van der Waals surface area contributed by atoms with Crippen LogP contribution in [-0.2, 0) is 0 Å². The summed E-state index contributed by atoms with van der Waals surface area (Å²) in [4.78, 5) is 22.6. The lowest BCUT2D eigenvalue weighted by molar-refractivity contribution is 0.340. The molecule has 45 heavy (non-hydrogen) atoms. The lowest BCUT2D eigenvalue weighted by Crippen LogP contribution is -2.69. The topological polar surface area (TPSA) is 76.1 Å². The molecule has 0 radical (unpaired) electrons. The van der Waals surface area contributed by atoms with Crippen molar-refractivity contribution in [2.24, 2.45) is 0 Å². The Morgan fingerprint density at radius 1 is 0.511 bits per heavy atom. The summed E-state index contributed by atoms with van der Waals surface area (Å²) in [5.74, 6) is 2.58. The van der Waals surface area contributed by atoms with Gasteiger partial charge in [0.05, 0.1) is 50.5 Å². The fourth-order valence-corrected chi connectivity index (χ4v) is 9.51. The van der Waals surface area contributed by atoms with Gasteiger partial charge >= 0.3 is 0 Å². The number of nitrogens with zero attached hydrogens (tertiary/aromatic N) is 6. The van der Waals surface area contributed by atoms with Gasteiger partial charge in [-0.2, -0.15) is 0 Å². The molecule has 1 fully saturated rings. The number of ether oxygens (including phenoxy) is 3. The van der Waals surface area contributed by atoms with E-state index in [9.17, 15) is 0 Å². The first kappa shape index (κ1) is 29.8. The number of benzene rings is 3. The van der Waals surface area contributed by atoms with Crippen LogP contribution in [0, 0.1) is 0 Å². The van der Waals surface area contributed by atoms with E-state index >= 15 is 0 Å². The Balaban J connectivity index is 1.34. The fourth-order valence-electron chi connectivity index (χ4n) is 6.08. The van der Waals surface area contributed by atoms with Gasteiger partial charge in [-0.15, -0.1) is 0 Å². The molecule has 0 atom stereocenters. The van der Waals surface area contributed by atoms with Gasteiger partial charge in [0.25, 0.3) is 0 Å². The summed E-state index contributed by atoms with van der Waals surface area (Å²) in [7, 11) is 0. The van der Waals surface area contributed by atoms with Gasteiger partial charge in [0.2, 0.25) is 0 Å². The molecule has 0 bridgehead atoms. The third kappa shape index (κ3) is 5.38. The number of rotatable bonds is 9. The molecule has 1 aliphatic heterocycles. The van der Waals surface area contributed by atoms with E-state index in [1.165, 1.54) is 0 Å². The minimum Gasteiger partial charge on any atom is -0.494 e. The molecule has 0 unspecified atom stereocenters. The average Bonchev–Trinajstić information content (AvgIpc) is 3.73. The molecule has 6 aromatic rings. The van der Waals surface area contributed by atoms with Crippen molar-refractivity contribution in [3.8, 4) is 17.2 Å². The number of hydrogen-bond donors (Lipinski definition) is 0. The smallest absolute Gasteiger partial charge is 0.189 e. The van der Waals surface area contributed by atoms with Crippen molar-refractivity contribution < 1.29 is 14.2 Å². The molecule has 12 heteroatoms. The van der Waals surface area contributed by atoms with Gasteiger partial charge in [-0.25, -0.2) is 15.0 Å². The quantitative estimate of drug-likeness (QED) is 0.152. The minimum atomic E-state index is -0.0379. The first-order chi connectivity index (χ1) is 21.9. The van der Waals surface area contributed by atoms with E-state index in [4.69, 9.17) is 29.2 Å². The zero-order chi connectivity index (χ0) is 31.2. The maximum atomic E-state index is 5.80. The molecule has 0 saturated carbocycles. The van der Waals surface area contributed by atoms with E-state index in [1.807, 2.05) is 57.2 Å². The summed E-state index contributed by atoms with van der Waals surface area (Å²) >= 11 is 5.06. The molecule has 0 aliphatic carbocycles. The standard InChI is InChI=1S/C33H36N6O3S3/c1-7-40-22-10-13-25-28(16-22)43-31(34-25)37-19(4)38(32-35-26-14-11-23(41-8-2)17-29(26)44-32)21(6)39(20(37)5)33-36-27-15-12-24(42-9-3)18-30(27)45-33/h10-21H,7-9H2,1-6H3. The Bertz CT molecular complexity index is 1740. The zero-order valence-corrected chi connectivity index (χ0v) is 28.6. The van der Waals surface area contributed by atoms with Crippen LogP contribution in [-0.4, -0.2) is 53.3 Å². The van der Waals surface area contributed by atoms with Gasteiger partial charge in [0, 0.05) is 0 Å². The van der Waals surface area contributed by atoms with Crippen LogP contribution in [0.1, 0.15) is 41.5 Å². The normalized spacial score (nSPS) is 18.8. The van der Waals surface area contributed by atoms with Crippen molar-refractivity contribution in [1.82, 2.24) is 15.0 Å². The molecule has 1 aliphatic rings. The van der Waals surface area contributed by atoms with Gasteiger partial charge < -0.3 is 28.9 Å². The molecule has 7 rings (SSSR count). The maximum Gasteiger partial charge on any atom is 0.189 e. The molecule has 0 N–H and O–H groups in total. The molecular weight excluding hydrogens is 625 g/mol. The Morgan fingerprint density at radius 3 is 1.07 bits per heavy atom. The highest BCUT2D eigenvalue weighted by molar-refractivity contribution is 7.23. The van der Waals surface area contributed by atoms with Crippen LogP contribution in [0.2, 0.25) is 0 Å². The van der Waals surface area contributed by atoms with E-state index < -0.39 is 0 Å². The molecule has 3 aromatic heterocycles. The van der Waals surface area contributed by atoms with Crippen LogP contribution in [0.15, 0.2) is 54.6 Å². The summed E-state index contributed by atoms with van der Waals surface area (Å²) in [6.45, 7) is 14.6. The SMILES string of the molecule is CCOc1ccc2nc(N3C(C)N(c4nc5ccc(OCC)cc5s4)C(C)N(c4nc5ccc(OCC)cc5s4)C3C)sc2c1. The van der Waals surface area contributed by atoms with Gasteiger partial charge in [0.15, 0.2) is 15.4 Å². The van der Waals surface area contributed by atoms with Crippen molar-refractivity contribution in [1.29, 1.82) is 0 Å².